The molecule has 2 aromatic carbocycles. The number of ether oxygens (including phenoxy) is 1. The molecule has 2 aliphatic heterocycles. The normalized spacial score (nSPS) is 20.7. The second kappa shape index (κ2) is 7.85. The number of carbonyl (C=O) groups is 2. The number of benzene rings is 2. The number of hydrogen-bond acceptors (Lipinski definition) is 8. The Kier molecular flexibility index (Phi) is 5.38. The third-order valence-corrected chi connectivity index (χ3v) is 7.78. The van der Waals surface area contributed by atoms with Gasteiger partial charge in [0.2, 0.25) is 9.37 Å². The number of ketones is 1. The summed E-state index contributed by atoms with van der Waals surface area (Å²) in [6.45, 7) is 5.49. The number of nitrogens with zero attached hydrogens (tertiary/aromatic N) is 3. The molecular formula is C22H21N3O3S2. The number of allylic oxidation sites excluding steroid dienone is 2. The molecule has 1 atom stereocenters. The Hall–Kier alpha value is -2.71. The Bertz CT molecular complexity index is 1080. The van der Waals surface area contributed by atoms with Gasteiger partial charge in [0.25, 0.3) is 0 Å². The third kappa shape index (κ3) is 3.30. The fraction of sp³-hybridized carbons (Fsp3) is 0.227. The average Bonchev–Trinajstić information content (AvgIpc) is 3.26. The predicted octanol–water partition coefficient (Wildman–Crippen LogP) is 4.72. The van der Waals surface area contributed by atoms with Gasteiger partial charge in [0.05, 0.1) is 17.7 Å². The molecule has 154 valence electrons. The number of aryl methyl sites for hydroxylation is 1. The van der Waals surface area contributed by atoms with Crippen LogP contribution >= 0.6 is 23.5 Å². The van der Waals surface area contributed by atoms with Gasteiger partial charge in [-0.3, -0.25) is 4.79 Å². The number of hydrazone groups is 1. The highest BCUT2D eigenvalue weighted by atomic mass is 32.2. The van der Waals surface area contributed by atoms with E-state index in [4.69, 9.17) is 4.74 Å². The van der Waals surface area contributed by atoms with Crippen molar-refractivity contribution in [2.45, 2.75) is 25.1 Å². The number of para-hydroxylation sites is 1. The molecule has 0 fully saturated rings. The minimum absolute atomic E-state index is 0.0217. The Morgan fingerprint density at radius 2 is 1.70 bits per heavy atom. The van der Waals surface area contributed by atoms with Crippen molar-refractivity contribution in [3.63, 3.8) is 0 Å². The molecule has 0 aromatic heterocycles. The zero-order valence-corrected chi connectivity index (χ0v) is 18.7. The van der Waals surface area contributed by atoms with E-state index < -0.39 is 10.3 Å². The summed E-state index contributed by atoms with van der Waals surface area (Å²) in [6.07, 6.45) is 0. The van der Waals surface area contributed by atoms with Crippen LogP contribution in [0.4, 0.5) is 11.4 Å². The number of esters is 1. The maximum absolute atomic E-state index is 12.5. The first-order chi connectivity index (χ1) is 14.4. The van der Waals surface area contributed by atoms with E-state index in [0.717, 1.165) is 22.6 Å². The summed E-state index contributed by atoms with van der Waals surface area (Å²) in [7, 11) is 1.34. The van der Waals surface area contributed by atoms with E-state index in [0.29, 0.717) is 4.91 Å². The Balaban J connectivity index is 1.92. The molecule has 30 heavy (non-hydrogen) atoms. The first-order valence-electron chi connectivity index (χ1n) is 9.36. The van der Waals surface area contributed by atoms with Gasteiger partial charge in [-0.25, -0.2) is 9.80 Å². The zero-order valence-electron chi connectivity index (χ0n) is 17.1. The molecule has 0 saturated carbocycles. The third-order valence-electron chi connectivity index (χ3n) is 4.81. The minimum Gasteiger partial charge on any atom is -0.464 e. The van der Waals surface area contributed by atoms with Crippen LogP contribution in [0, 0.1) is 6.92 Å². The number of thioether (sulfide) groups is 2. The molecular weight excluding hydrogens is 418 g/mol. The van der Waals surface area contributed by atoms with Crippen molar-refractivity contribution >= 4 is 51.7 Å². The van der Waals surface area contributed by atoms with Gasteiger partial charge in [-0.15, -0.1) is 0 Å². The first-order valence-corrected chi connectivity index (χ1v) is 11.0. The standard InChI is InChI=1S/C22H21N3O3S2/c1-14-9-8-12-18(13-14)25-22(30-20(23-25)21(27)28-4)24(17-10-6-5-7-11-17)15(2)19(29-22)16(3)26/h5-13H,1-4H3. The quantitative estimate of drug-likeness (QED) is 0.639. The van der Waals surface area contributed by atoms with Crippen molar-refractivity contribution < 1.29 is 14.3 Å². The summed E-state index contributed by atoms with van der Waals surface area (Å²) in [6, 6.07) is 17.7. The van der Waals surface area contributed by atoms with Crippen molar-refractivity contribution in [3.05, 3.63) is 70.8 Å². The van der Waals surface area contributed by atoms with Crippen molar-refractivity contribution in [2.24, 2.45) is 5.10 Å². The Morgan fingerprint density at radius 3 is 2.33 bits per heavy atom. The van der Waals surface area contributed by atoms with Gasteiger partial charge in [-0.05, 0) is 62.4 Å². The van der Waals surface area contributed by atoms with Crippen LogP contribution in [0.25, 0.3) is 0 Å². The summed E-state index contributed by atoms with van der Waals surface area (Å²) in [5.41, 5.74) is 3.63. The van der Waals surface area contributed by atoms with Crippen molar-refractivity contribution in [3.8, 4) is 0 Å². The van der Waals surface area contributed by atoms with Gasteiger partial charge in [0.1, 0.15) is 0 Å². The summed E-state index contributed by atoms with van der Waals surface area (Å²) in [4.78, 5) is 27.6. The molecule has 0 radical (unpaired) electrons. The molecule has 0 N–H and O–H groups in total. The van der Waals surface area contributed by atoms with Crippen LogP contribution in [0.1, 0.15) is 19.4 Å². The fourth-order valence-electron chi connectivity index (χ4n) is 3.52. The molecule has 6 nitrogen and oxygen atoms in total. The highest BCUT2D eigenvalue weighted by Gasteiger charge is 2.57. The molecule has 4 rings (SSSR count). The van der Waals surface area contributed by atoms with Crippen LogP contribution < -0.4 is 9.91 Å². The monoisotopic (exact) mass is 439 g/mol. The predicted molar refractivity (Wildman–Crippen MR) is 123 cm³/mol. The molecule has 0 amide bonds. The van der Waals surface area contributed by atoms with Gasteiger partial charge in [-0.1, -0.05) is 42.1 Å². The molecule has 0 bridgehead atoms. The Morgan fingerprint density at radius 1 is 1.00 bits per heavy atom. The molecule has 0 aliphatic carbocycles. The zero-order chi connectivity index (χ0) is 21.5. The lowest BCUT2D eigenvalue weighted by Gasteiger charge is -2.41. The molecule has 1 unspecified atom stereocenters. The summed E-state index contributed by atoms with van der Waals surface area (Å²) >= 11 is 2.69. The van der Waals surface area contributed by atoms with E-state index in [-0.39, 0.29) is 10.8 Å². The van der Waals surface area contributed by atoms with Crippen LogP contribution in [0.15, 0.2) is 70.3 Å². The van der Waals surface area contributed by atoms with E-state index >= 15 is 0 Å². The molecule has 0 saturated heterocycles. The van der Waals surface area contributed by atoms with Gasteiger partial charge in [-0.2, -0.15) is 5.10 Å². The maximum Gasteiger partial charge on any atom is 0.365 e. The van der Waals surface area contributed by atoms with Gasteiger partial charge < -0.3 is 9.64 Å². The van der Waals surface area contributed by atoms with E-state index in [2.05, 4.69) is 10.0 Å². The largest absolute Gasteiger partial charge is 0.464 e. The van der Waals surface area contributed by atoms with Gasteiger partial charge in [0, 0.05) is 11.4 Å². The number of carbonyl (C=O) groups excluding carboxylic acids is 2. The van der Waals surface area contributed by atoms with Crippen molar-refractivity contribution in [1.29, 1.82) is 0 Å². The molecule has 2 heterocycles. The van der Waals surface area contributed by atoms with Crippen LogP contribution in [-0.4, -0.2) is 28.2 Å². The highest BCUT2D eigenvalue weighted by Crippen LogP contribution is 2.60. The summed E-state index contributed by atoms with van der Waals surface area (Å²) in [5, 5.41) is 6.70. The fourth-order valence-corrected chi connectivity index (χ4v) is 6.50. The molecule has 1 spiro atoms. The molecule has 8 heteroatoms. The SMILES string of the molecule is COC(=O)C1=NN(c2cccc(C)c2)C2(S1)SC(C(C)=O)=C(C)N2c1ccccc1. The lowest BCUT2D eigenvalue weighted by atomic mass is 10.2. The van der Waals surface area contributed by atoms with Crippen molar-refractivity contribution in [1.82, 2.24) is 0 Å². The second-order valence-electron chi connectivity index (χ2n) is 6.94. The highest BCUT2D eigenvalue weighted by molar-refractivity contribution is 8.29. The second-order valence-corrected chi connectivity index (χ2v) is 9.54. The van der Waals surface area contributed by atoms with E-state index in [1.807, 2.05) is 73.5 Å². The molecule has 2 aromatic rings. The van der Waals surface area contributed by atoms with Gasteiger partial charge >= 0.3 is 5.97 Å². The average molecular weight is 440 g/mol. The van der Waals surface area contributed by atoms with Crippen LogP contribution in [-0.2, 0) is 14.3 Å². The smallest absolute Gasteiger partial charge is 0.365 e. The molecule has 2 aliphatic rings. The number of Topliss-reactive ketones (excluding diaryl/α,β-unsaturated/α-hetero) is 1. The summed E-state index contributed by atoms with van der Waals surface area (Å²) < 4.78 is 4.06. The van der Waals surface area contributed by atoms with E-state index in [9.17, 15) is 9.59 Å². The number of anilines is 2. The van der Waals surface area contributed by atoms with Crippen LogP contribution in [0.2, 0.25) is 0 Å². The number of hydrogen-bond donors (Lipinski definition) is 0. The first kappa shape index (κ1) is 20.6. The van der Waals surface area contributed by atoms with Crippen LogP contribution in [0.3, 0.4) is 0 Å². The summed E-state index contributed by atoms with van der Waals surface area (Å²) in [5.74, 6) is -0.524. The lowest BCUT2D eigenvalue weighted by Crippen LogP contribution is -2.49. The lowest BCUT2D eigenvalue weighted by molar-refractivity contribution is -0.132. The van der Waals surface area contributed by atoms with Crippen molar-refractivity contribution in [2.75, 3.05) is 17.0 Å². The Labute approximate surface area is 184 Å². The van der Waals surface area contributed by atoms with Gasteiger partial charge in [0.15, 0.2) is 5.78 Å². The van der Waals surface area contributed by atoms with E-state index in [1.54, 1.807) is 6.92 Å². The minimum atomic E-state index is -0.899. The maximum atomic E-state index is 12.5. The number of rotatable bonds is 4. The van der Waals surface area contributed by atoms with Crippen LogP contribution in [0.5, 0.6) is 0 Å². The number of methoxy groups -OCH3 is 1. The topological polar surface area (TPSA) is 62.2 Å². The van der Waals surface area contributed by atoms with E-state index in [1.165, 1.54) is 30.6 Å².